The largest absolute Gasteiger partial charge is 0.497 e. The molecule has 0 aliphatic carbocycles. The zero-order valence-corrected chi connectivity index (χ0v) is 10.5. The fourth-order valence-electron chi connectivity index (χ4n) is 1.65. The second-order valence-electron chi connectivity index (χ2n) is 3.68. The second-order valence-corrected chi connectivity index (χ2v) is 4.63. The third-order valence-corrected chi connectivity index (χ3v) is 3.57. The lowest BCUT2D eigenvalue weighted by Crippen LogP contribution is -2.04. The summed E-state index contributed by atoms with van der Waals surface area (Å²) in [5.74, 6) is -0.339. The summed E-state index contributed by atoms with van der Waals surface area (Å²) < 4.78 is 5.03. The van der Waals surface area contributed by atoms with E-state index in [4.69, 9.17) is 9.84 Å². The molecule has 1 atom stereocenters. The normalized spacial score (nSPS) is 12.1. The van der Waals surface area contributed by atoms with Crippen LogP contribution in [0.25, 0.3) is 0 Å². The highest BCUT2D eigenvalue weighted by Crippen LogP contribution is 2.30. The van der Waals surface area contributed by atoms with Crippen LogP contribution in [0.1, 0.15) is 26.9 Å². The van der Waals surface area contributed by atoms with E-state index >= 15 is 0 Å². The zero-order chi connectivity index (χ0) is 13.1. The van der Waals surface area contributed by atoms with Crippen LogP contribution in [0.5, 0.6) is 5.75 Å². The minimum Gasteiger partial charge on any atom is -0.497 e. The van der Waals surface area contributed by atoms with Gasteiger partial charge in [-0.15, -0.1) is 11.3 Å². The van der Waals surface area contributed by atoms with Crippen LogP contribution in [0, 0.1) is 0 Å². The van der Waals surface area contributed by atoms with Gasteiger partial charge in [0.2, 0.25) is 0 Å². The molecule has 18 heavy (non-hydrogen) atoms. The van der Waals surface area contributed by atoms with Gasteiger partial charge in [0.15, 0.2) is 0 Å². The topological polar surface area (TPSA) is 66.8 Å². The van der Waals surface area contributed by atoms with Crippen molar-refractivity contribution in [3.05, 3.63) is 51.7 Å². The van der Waals surface area contributed by atoms with Gasteiger partial charge < -0.3 is 14.9 Å². The van der Waals surface area contributed by atoms with Gasteiger partial charge in [-0.1, -0.05) is 12.1 Å². The third-order valence-electron chi connectivity index (χ3n) is 2.61. The van der Waals surface area contributed by atoms with Crippen molar-refractivity contribution in [1.29, 1.82) is 0 Å². The number of methoxy groups -OCH3 is 1. The first kappa shape index (κ1) is 12.6. The Balaban J connectivity index is 2.32. The molecule has 0 radical (unpaired) electrons. The molecule has 5 heteroatoms. The highest BCUT2D eigenvalue weighted by atomic mass is 32.1. The first-order valence-corrected chi connectivity index (χ1v) is 6.14. The van der Waals surface area contributed by atoms with Crippen molar-refractivity contribution >= 4 is 17.3 Å². The molecule has 2 aromatic rings. The van der Waals surface area contributed by atoms with Gasteiger partial charge in [-0.05, 0) is 29.1 Å². The highest BCUT2D eigenvalue weighted by Gasteiger charge is 2.19. The number of aliphatic hydroxyl groups is 1. The molecule has 0 amide bonds. The van der Waals surface area contributed by atoms with Gasteiger partial charge in [0.05, 0.1) is 17.6 Å². The number of thiophene rings is 1. The summed E-state index contributed by atoms with van der Waals surface area (Å²) in [6.45, 7) is 0. The van der Waals surface area contributed by atoms with E-state index < -0.39 is 12.1 Å². The van der Waals surface area contributed by atoms with E-state index in [-0.39, 0.29) is 5.56 Å². The van der Waals surface area contributed by atoms with Crippen LogP contribution in [0.15, 0.2) is 35.7 Å². The number of aliphatic hydroxyl groups excluding tert-OH is 1. The summed E-state index contributed by atoms with van der Waals surface area (Å²) in [6, 6.07) is 8.39. The number of carboxylic acid groups (broad SMARTS) is 1. The van der Waals surface area contributed by atoms with Gasteiger partial charge in [-0.2, -0.15) is 0 Å². The Morgan fingerprint density at radius 3 is 2.50 bits per heavy atom. The Labute approximate surface area is 108 Å². The minimum atomic E-state index is -1.03. The summed E-state index contributed by atoms with van der Waals surface area (Å²) in [6.07, 6.45) is -0.929. The minimum absolute atomic E-state index is 0.142. The number of carbonyl (C=O) groups is 1. The Morgan fingerprint density at radius 1 is 1.28 bits per heavy atom. The fraction of sp³-hybridized carbons (Fsp3) is 0.154. The average molecular weight is 264 g/mol. The Bertz CT molecular complexity index is 544. The number of ether oxygens (including phenoxy) is 1. The molecule has 1 heterocycles. The molecule has 0 bridgehead atoms. The summed E-state index contributed by atoms with van der Waals surface area (Å²) in [4.78, 5) is 11.4. The lowest BCUT2D eigenvalue weighted by atomic mass is 10.1. The molecular weight excluding hydrogens is 252 g/mol. The van der Waals surface area contributed by atoms with E-state index in [1.54, 1.807) is 36.8 Å². The van der Waals surface area contributed by atoms with Crippen LogP contribution in [0.4, 0.5) is 0 Å². The van der Waals surface area contributed by atoms with Gasteiger partial charge >= 0.3 is 5.97 Å². The molecular formula is C13H12O4S. The van der Waals surface area contributed by atoms with Crippen molar-refractivity contribution in [1.82, 2.24) is 0 Å². The predicted molar refractivity (Wildman–Crippen MR) is 68.3 cm³/mol. The number of benzene rings is 1. The van der Waals surface area contributed by atoms with Gasteiger partial charge in [-0.25, -0.2) is 4.79 Å². The summed E-state index contributed by atoms with van der Waals surface area (Å²) >= 11 is 1.23. The van der Waals surface area contributed by atoms with E-state index in [2.05, 4.69) is 0 Å². The molecule has 1 aromatic carbocycles. The molecule has 94 valence electrons. The molecule has 0 fully saturated rings. The second kappa shape index (κ2) is 5.20. The quantitative estimate of drug-likeness (QED) is 0.890. The van der Waals surface area contributed by atoms with Gasteiger partial charge in [0.1, 0.15) is 11.9 Å². The lowest BCUT2D eigenvalue weighted by Gasteiger charge is -2.11. The Kier molecular flexibility index (Phi) is 3.64. The van der Waals surface area contributed by atoms with Gasteiger partial charge in [0, 0.05) is 0 Å². The molecule has 2 rings (SSSR count). The van der Waals surface area contributed by atoms with E-state index in [0.717, 1.165) is 0 Å². The molecule has 0 spiro atoms. The van der Waals surface area contributed by atoms with E-state index in [9.17, 15) is 9.90 Å². The maximum absolute atomic E-state index is 11.0. The smallest absolute Gasteiger partial charge is 0.336 e. The van der Waals surface area contributed by atoms with Crippen LogP contribution in [0.3, 0.4) is 0 Å². The van der Waals surface area contributed by atoms with Crippen molar-refractivity contribution in [3.63, 3.8) is 0 Å². The van der Waals surface area contributed by atoms with E-state index in [1.165, 1.54) is 17.4 Å². The summed E-state index contributed by atoms with van der Waals surface area (Å²) in [5, 5.41) is 20.8. The van der Waals surface area contributed by atoms with Crippen molar-refractivity contribution < 1.29 is 19.7 Å². The van der Waals surface area contributed by atoms with Crippen molar-refractivity contribution in [2.75, 3.05) is 7.11 Å². The predicted octanol–water partition coefficient (Wildman–Crippen LogP) is 2.54. The van der Waals surface area contributed by atoms with Crippen LogP contribution in [-0.2, 0) is 0 Å². The molecule has 0 aliphatic heterocycles. The van der Waals surface area contributed by atoms with Crippen LogP contribution in [0.2, 0.25) is 0 Å². The summed E-state index contributed by atoms with van der Waals surface area (Å²) in [7, 11) is 1.56. The number of rotatable bonds is 4. The number of aromatic carboxylic acids is 1. The number of hydrogen-bond acceptors (Lipinski definition) is 4. The van der Waals surface area contributed by atoms with Crippen LogP contribution >= 0.6 is 11.3 Å². The number of carboxylic acids is 1. The van der Waals surface area contributed by atoms with Crippen LogP contribution in [-0.4, -0.2) is 23.3 Å². The average Bonchev–Trinajstić information content (AvgIpc) is 2.87. The molecule has 2 N–H and O–H groups in total. The molecule has 0 aliphatic rings. The molecule has 1 aromatic heterocycles. The Morgan fingerprint density at radius 2 is 1.94 bits per heavy atom. The van der Waals surface area contributed by atoms with Crippen molar-refractivity contribution in [2.24, 2.45) is 0 Å². The van der Waals surface area contributed by atoms with Crippen molar-refractivity contribution in [2.45, 2.75) is 6.10 Å². The maximum atomic E-state index is 11.0. The first-order chi connectivity index (χ1) is 8.63. The van der Waals surface area contributed by atoms with Crippen LogP contribution < -0.4 is 4.74 Å². The van der Waals surface area contributed by atoms with E-state index in [0.29, 0.717) is 16.2 Å². The zero-order valence-electron chi connectivity index (χ0n) is 9.66. The fourth-order valence-corrected chi connectivity index (χ4v) is 2.55. The van der Waals surface area contributed by atoms with E-state index in [1.807, 2.05) is 0 Å². The monoisotopic (exact) mass is 264 g/mol. The standard InChI is InChI=1S/C13H12O4S/c1-17-9-4-2-8(3-5-9)11(14)12-10(13(15)16)6-7-18-12/h2-7,11,14H,1H3,(H,15,16). The first-order valence-electron chi connectivity index (χ1n) is 5.26. The summed E-state index contributed by atoms with van der Waals surface area (Å²) in [5.41, 5.74) is 0.782. The molecule has 0 saturated heterocycles. The molecule has 0 saturated carbocycles. The third kappa shape index (κ3) is 2.37. The maximum Gasteiger partial charge on any atom is 0.336 e. The van der Waals surface area contributed by atoms with Gasteiger partial charge in [-0.3, -0.25) is 0 Å². The Hall–Kier alpha value is -1.85. The highest BCUT2D eigenvalue weighted by molar-refractivity contribution is 7.10. The number of hydrogen-bond donors (Lipinski definition) is 2. The lowest BCUT2D eigenvalue weighted by molar-refractivity contribution is 0.0692. The van der Waals surface area contributed by atoms with Crippen molar-refractivity contribution in [3.8, 4) is 5.75 Å². The molecule has 1 unspecified atom stereocenters. The molecule has 4 nitrogen and oxygen atoms in total. The SMILES string of the molecule is COc1ccc(C(O)c2sccc2C(=O)O)cc1. The van der Waals surface area contributed by atoms with Gasteiger partial charge in [0.25, 0.3) is 0 Å².